The highest BCUT2D eigenvalue weighted by Gasteiger charge is 2.19. The molecule has 3 rings (SSSR count). The summed E-state index contributed by atoms with van der Waals surface area (Å²) in [5.74, 6) is 1.29. The van der Waals surface area contributed by atoms with Crippen molar-refractivity contribution in [3.05, 3.63) is 46.4 Å². The summed E-state index contributed by atoms with van der Waals surface area (Å²) >= 11 is 6.12. The number of nitrogens with two attached hydrogens (primary N) is 1. The van der Waals surface area contributed by atoms with Crippen molar-refractivity contribution in [3.8, 4) is 11.6 Å². The number of halogens is 1. The van der Waals surface area contributed by atoms with Gasteiger partial charge in [-0.3, -0.25) is 0 Å². The molecule has 0 radical (unpaired) electrons. The number of nitrogens with zero attached hydrogens (tertiary/aromatic N) is 2. The van der Waals surface area contributed by atoms with E-state index in [9.17, 15) is 0 Å². The summed E-state index contributed by atoms with van der Waals surface area (Å²) in [4.78, 5) is 8.51. The van der Waals surface area contributed by atoms with Gasteiger partial charge in [0.1, 0.15) is 12.1 Å². The molecule has 1 aliphatic carbocycles. The van der Waals surface area contributed by atoms with Crippen molar-refractivity contribution in [2.24, 2.45) is 5.73 Å². The fourth-order valence-corrected chi connectivity index (χ4v) is 2.60. The minimum atomic E-state index is 0.336. The van der Waals surface area contributed by atoms with E-state index in [-0.39, 0.29) is 0 Å². The number of hydrogen-bond donors (Lipinski definition) is 1. The molecule has 4 nitrogen and oxygen atoms in total. The van der Waals surface area contributed by atoms with Crippen LogP contribution in [0.15, 0.2) is 24.5 Å². The average Bonchev–Trinajstić information content (AvgIpc) is 2.88. The van der Waals surface area contributed by atoms with Gasteiger partial charge in [0.2, 0.25) is 5.88 Å². The molecular weight excluding hydrogens is 262 g/mol. The second kappa shape index (κ2) is 5.15. The first-order valence-electron chi connectivity index (χ1n) is 6.27. The number of ether oxygens (including phenoxy) is 1. The van der Waals surface area contributed by atoms with Gasteiger partial charge in [-0.25, -0.2) is 9.97 Å². The third-order valence-corrected chi connectivity index (χ3v) is 3.68. The van der Waals surface area contributed by atoms with E-state index in [4.69, 9.17) is 22.1 Å². The molecular formula is C14H14ClN3O. The summed E-state index contributed by atoms with van der Waals surface area (Å²) < 4.78 is 5.91. The molecule has 2 N–H and O–H groups in total. The molecule has 19 heavy (non-hydrogen) atoms. The molecule has 98 valence electrons. The van der Waals surface area contributed by atoms with E-state index < -0.39 is 0 Å². The lowest BCUT2D eigenvalue weighted by Crippen LogP contribution is -2.02. The monoisotopic (exact) mass is 275 g/mol. The third-order valence-electron chi connectivity index (χ3n) is 3.32. The van der Waals surface area contributed by atoms with Crippen LogP contribution in [0.3, 0.4) is 0 Å². The van der Waals surface area contributed by atoms with E-state index in [0.717, 1.165) is 36.1 Å². The molecule has 0 fully saturated rings. The molecule has 1 aromatic heterocycles. The lowest BCUT2D eigenvalue weighted by Gasteiger charge is -2.12. The summed E-state index contributed by atoms with van der Waals surface area (Å²) in [5.41, 5.74) is 8.71. The van der Waals surface area contributed by atoms with Crippen molar-refractivity contribution in [1.29, 1.82) is 0 Å². The van der Waals surface area contributed by atoms with Crippen LogP contribution in [-0.2, 0) is 19.4 Å². The lowest BCUT2D eigenvalue weighted by atomic mass is 10.2. The molecule has 0 amide bonds. The quantitative estimate of drug-likeness (QED) is 0.936. The molecule has 1 aromatic carbocycles. The summed E-state index contributed by atoms with van der Waals surface area (Å²) in [6.07, 6.45) is 4.60. The second-order valence-electron chi connectivity index (χ2n) is 4.48. The van der Waals surface area contributed by atoms with Crippen LogP contribution >= 0.6 is 11.6 Å². The smallest absolute Gasteiger partial charge is 0.225 e. The zero-order valence-corrected chi connectivity index (χ0v) is 11.2. The Morgan fingerprint density at radius 1 is 1.26 bits per heavy atom. The largest absolute Gasteiger partial charge is 0.438 e. The van der Waals surface area contributed by atoms with Crippen LogP contribution < -0.4 is 10.5 Å². The van der Waals surface area contributed by atoms with E-state index in [1.54, 1.807) is 12.4 Å². The van der Waals surface area contributed by atoms with E-state index >= 15 is 0 Å². The van der Waals surface area contributed by atoms with Crippen LogP contribution in [-0.4, -0.2) is 9.97 Å². The van der Waals surface area contributed by atoms with Crippen LogP contribution in [0.1, 0.15) is 23.2 Å². The van der Waals surface area contributed by atoms with Crippen molar-refractivity contribution < 1.29 is 4.74 Å². The third kappa shape index (κ3) is 2.29. The SMILES string of the molecule is NCc1c(Cl)cccc1Oc1ncnc2c1CCC2. The molecule has 0 spiro atoms. The molecule has 0 atom stereocenters. The van der Waals surface area contributed by atoms with Gasteiger partial charge in [0.05, 0.1) is 5.69 Å². The summed E-state index contributed by atoms with van der Waals surface area (Å²) in [7, 11) is 0. The first-order chi connectivity index (χ1) is 9.29. The minimum Gasteiger partial charge on any atom is -0.438 e. The maximum atomic E-state index is 6.12. The lowest BCUT2D eigenvalue weighted by molar-refractivity contribution is 0.450. The fraction of sp³-hybridized carbons (Fsp3) is 0.286. The van der Waals surface area contributed by atoms with Crippen LogP contribution in [0, 0.1) is 0 Å². The van der Waals surface area contributed by atoms with Crippen LogP contribution in [0.4, 0.5) is 0 Å². The summed E-state index contributed by atoms with van der Waals surface area (Å²) in [6.45, 7) is 0.336. The van der Waals surface area contributed by atoms with Crippen molar-refractivity contribution in [2.45, 2.75) is 25.8 Å². The predicted molar refractivity (Wildman–Crippen MR) is 73.5 cm³/mol. The van der Waals surface area contributed by atoms with Gasteiger partial charge in [0.15, 0.2) is 0 Å². The van der Waals surface area contributed by atoms with Crippen molar-refractivity contribution >= 4 is 11.6 Å². The van der Waals surface area contributed by atoms with E-state index in [1.807, 2.05) is 12.1 Å². The minimum absolute atomic E-state index is 0.336. The Morgan fingerprint density at radius 2 is 2.16 bits per heavy atom. The van der Waals surface area contributed by atoms with Crippen LogP contribution in [0.5, 0.6) is 11.6 Å². The van der Waals surface area contributed by atoms with Gasteiger partial charge in [0, 0.05) is 22.7 Å². The number of aromatic nitrogens is 2. The maximum Gasteiger partial charge on any atom is 0.225 e. The van der Waals surface area contributed by atoms with Crippen molar-refractivity contribution in [2.75, 3.05) is 0 Å². The van der Waals surface area contributed by atoms with Crippen molar-refractivity contribution in [1.82, 2.24) is 9.97 Å². The highest BCUT2D eigenvalue weighted by molar-refractivity contribution is 6.31. The second-order valence-corrected chi connectivity index (χ2v) is 4.89. The van der Waals surface area contributed by atoms with Crippen molar-refractivity contribution in [3.63, 3.8) is 0 Å². The van der Waals surface area contributed by atoms with Crippen LogP contribution in [0.25, 0.3) is 0 Å². The van der Waals surface area contributed by atoms with Gasteiger partial charge in [-0.15, -0.1) is 0 Å². The number of rotatable bonds is 3. The zero-order valence-electron chi connectivity index (χ0n) is 10.4. The number of hydrogen-bond acceptors (Lipinski definition) is 4. The van der Waals surface area contributed by atoms with Gasteiger partial charge < -0.3 is 10.5 Å². The summed E-state index contributed by atoms with van der Waals surface area (Å²) in [5, 5.41) is 0.616. The first kappa shape index (κ1) is 12.4. The van der Waals surface area contributed by atoms with Gasteiger partial charge in [0.25, 0.3) is 0 Å². The number of fused-ring (bicyclic) bond motifs is 1. The van der Waals surface area contributed by atoms with Crippen LogP contribution in [0.2, 0.25) is 5.02 Å². The number of benzene rings is 1. The number of aryl methyl sites for hydroxylation is 1. The molecule has 2 aromatic rings. The zero-order chi connectivity index (χ0) is 13.2. The standard InChI is InChI=1S/C14H14ClN3O/c15-11-4-2-6-13(10(11)7-16)19-14-9-3-1-5-12(9)17-8-18-14/h2,4,6,8H,1,3,5,7,16H2. The molecule has 0 bridgehead atoms. The molecule has 0 aliphatic heterocycles. The Bertz CT molecular complexity index is 604. The Morgan fingerprint density at radius 3 is 3.00 bits per heavy atom. The van der Waals surface area contributed by atoms with Gasteiger partial charge in [-0.05, 0) is 31.4 Å². The highest BCUT2D eigenvalue weighted by Crippen LogP contribution is 2.33. The average molecular weight is 276 g/mol. The Balaban J connectivity index is 1.99. The Labute approximate surface area is 116 Å². The molecule has 0 saturated heterocycles. The van der Waals surface area contributed by atoms with Gasteiger partial charge >= 0.3 is 0 Å². The van der Waals surface area contributed by atoms with Gasteiger partial charge in [-0.2, -0.15) is 0 Å². The molecule has 1 heterocycles. The highest BCUT2D eigenvalue weighted by atomic mass is 35.5. The topological polar surface area (TPSA) is 61.0 Å². The first-order valence-corrected chi connectivity index (χ1v) is 6.65. The maximum absolute atomic E-state index is 6.12. The fourth-order valence-electron chi connectivity index (χ4n) is 2.35. The Hall–Kier alpha value is -1.65. The van der Waals surface area contributed by atoms with E-state index in [2.05, 4.69) is 9.97 Å². The molecule has 1 aliphatic rings. The Kier molecular flexibility index (Phi) is 3.36. The van der Waals surface area contributed by atoms with E-state index in [1.165, 1.54) is 0 Å². The normalized spacial score (nSPS) is 13.4. The predicted octanol–water partition coefficient (Wildman–Crippen LogP) is 2.87. The summed E-state index contributed by atoms with van der Waals surface area (Å²) in [6, 6.07) is 5.51. The van der Waals surface area contributed by atoms with E-state index in [0.29, 0.717) is 23.2 Å². The van der Waals surface area contributed by atoms with Gasteiger partial charge in [-0.1, -0.05) is 17.7 Å². The molecule has 5 heteroatoms. The molecule has 0 unspecified atom stereocenters. The molecule has 0 saturated carbocycles.